The average Bonchev–Trinajstić information content (AvgIpc) is 2.71. The van der Waals surface area contributed by atoms with Crippen molar-refractivity contribution in [2.45, 2.75) is 44.6 Å². The third kappa shape index (κ3) is 4.65. The second kappa shape index (κ2) is 9.11. The summed E-state index contributed by atoms with van der Waals surface area (Å²) < 4.78 is 0. The molecule has 1 heterocycles. The van der Waals surface area contributed by atoms with Crippen LogP contribution in [0.5, 0.6) is 0 Å². The van der Waals surface area contributed by atoms with Crippen LogP contribution < -0.4 is 10.2 Å². The van der Waals surface area contributed by atoms with E-state index < -0.39 is 0 Å². The molecule has 2 aromatic rings. The molecule has 1 aliphatic rings. The highest BCUT2D eigenvalue weighted by Gasteiger charge is 2.30. The molecule has 0 aliphatic carbocycles. The van der Waals surface area contributed by atoms with Gasteiger partial charge in [-0.15, -0.1) is 0 Å². The van der Waals surface area contributed by atoms with Gasteiger partial charge in [-0.1, -0.05) is 62.0 Å². The Morgan fingerprint density at radius 3 is 2.54 bits per heavy atom. The molecule has 146 valence electrons. The minimum atomic E-state index is -0.143. The van der Waals surface area contributed by atoms with Crippen molar-refractivity contribution in [1.82, 2.24) is 5.32 Å². The standard InChI is InChI=1S/C23H26N2O2S/c1-4-16(3)24-22(26)15-25-19-8-6-7-9-20(19)28-21(23(25)27)14-18-12-10-17(5-2)11-13-18/h6-14,16H,4-5,15H2,1-3H3,(H,24,26). The van der Waals surface area contributed by atoms with E-state index in [4.69, 9.17) is 0 Å². The minimum absolute atomic E-state index is 0.0207. The zero-order valence-electron chi connectivity index (χ0n) is 16.6. The van der Waals surface area contributed by atoms with Gasteiger partial charge in [0, 0.05) is 10.9 Å². The van der Waals surface area contributed by atoms with Crippen molar-refractivity contribution in [3.8, 4) is 0 Å². The van der Waals surface area contributed by atoms with E-state index in [-0.39, 0.29) is 24.4 Å². The lowest BCUT2D eigenvalue weighted by Gasteiger charge is -2.30. The van der Waals surface area contributed by atoms with E-state index in [1.54, 1.807) is 4.90 Å². The van der Waals surface area contributed by atoms with Crippen LogP contribution in [-0.4, -0.2) is 24.4 Å². The predicted molar refractivity (Wildman–Crippen MR) is 116 cm³/mol. The number of aryl methyl sites for hydroxylation is 1. The van der Waals surface area contributed by atoms with E-state index in [9.17, 15) is 9.59 Å². The highest BCUT2D eigenvalue weighted by Crippen LogP contribution is 2.41. The molecule has 28 heavy (non-hydrogen) atoms. The molecule has 0 aromatic heterocycles. The van der Waals surface area contributed by atoms with Crippen molar-refractivity contribution in [2.75, 3.05) is 11.4 Å². The van der Waals surface area contributed by atoms with Crippen LogP contribution >= 0.6 is 11.8 Å². The zero-order chi connectivity index (χ0) is 20.1. The minimum Gasteiger partial charge on any atom is -0.352 e. The summed E-state index contributed by atoms with van der Waals surface area (Å²) in [6.45, 7) is 6.12. The number of amides is 2. The molecule has 2 amide bonds. The lowest BCUT2D eigenvalue weighted by Crippen LogP contribution is -2.44. The number of para-hydroxylation sites is 1. The number of fused-ring (bicyclic) bond motifs is 1. The maximum atomic E-state index is 13.2. The van der Waals surface area contributed by atoms with Crippen molar-refractivity contribution in [2.24, 2.45) is 0 Å². The van der Waals surface area contributed by atoms with Gasteiger partial charge in [0.25, 0.3) is 5.91 Å². The Balaban J connectivity index is 1.89. The lowest BCUT2D eigenvalue weighted by atomic mass is 10.1. The number of benzene rings is 2. The molecule has 3 rings (SSSR count). The van der Waals surface area contributed by atoms with Gasteiger partial charge in [-0.25, -0.2) is 0 Å². The number of carbonyl (C=O) groups excluding carboxylic acids is 2. The molecule has 2 aromatic carbocycles. The highest BCUT2D eigenvalue weighted by atomic mass is 32.2. The number of nitrogens with zero attached hydrogens (tertiary/aromatic N) is 1. The predicted octanol–water partition coefficient (Wildman–Crippen LogP) is 4.64. The van der Waals surface area contributed by atoms with Crippen LogP contribution in [0.25, 0.3) is 6.08 Å². The van der Waals surface area contributed by atoms with Crippen molar-refractivity contribution in [3.63, 3.8) is 0 Å². The largest absolute Gasteiger partial charge is 0.352 e. The normalized spacial score (nSPS) is 16.0. The summed E-state index contributed by atoms with van der Waals surface area (Å²) >= 11 is 1.46. The average molecular weight is 395 g/mol. The summed E-state index contributed by atoms with van der Waals surface area (Å²) in [5, 5.41) is 2.95. The maximum absolute atomic E-state index is 13.2. The summed E-state index contributed by atoms with van der Waals surface area (Å²) in [5.74, 6) is -0.279. The first-order valence-electron chi connectivity index (χ1n) is 9.70. The van der Waals surface area contributed by atoms with E-state index in [2.05, 4.69) is 24.4 Å². The number of hydrogen-bond donors (Lipinski definition) is 1. The van der Waals surface area contributed by atoms with Crippen molar-refractivity contribution in [3.05, 3.63) is 64.6 Å². The maximum Gasteiger partial charge on any atom is 0.265 e. The van der Waals surface area contributed by atoms with Crippen molar-refractivity contribution >= 4 is 35.3 Å². The fourth-order valence-corrected chi connectivity index (χ4v) is 4.05. The molecular weight excluding hydrogens is 368 g/mol. The van der Waals surface area contributed by atoms with Gasteiger partial charge in [0.15, 0.2) is 0 Å². The highest BCUT2D eigenvalue weighted by molar-refractivity contribution is 8.04. The summed E-state index contributed by atoms with van der Waals surface area (Å²) in [6, 6.07) is 16.0. The van der Waals surface area contributed by atoms with Gasteiger partial charge in [0.2, 0.25) is 5.91 Å². The Hall–Kier alpha value is -2.53. The molecule has 0 spiro atoms. The Labute approximate surface area is 171 Å². The Morgan fingerprint density at radius 2 is 1.86 bits per heavy atom. The zero-order valence-corrected chi connectivity index (χ0v) is 17.4. The number of carbonyl (C=O) groups is 2. The number of rotatable bonds is 6. The molecule has 0 radical (unpaired) electrons. The molecule has 0 fully saturated rings. The summed E-state index contributed by atoms with van der Waals surface area (Å²) in [4.78, 5) is 28.8. The van der Waals surface area contributed by atoms with Crippen molar-refractivity contribution < 1.29 is 9.59 Å². The van der Waals surface area contributed by atoms with Gasteiger partial charge in [-0.3, -0.25) is 14.5 Å². The van der Waals surface area contributed by atoms with Crippen LogP contribution in [0.2, 0.25) is 0 Å². The number of anilines is 1. The summed E-state index contributed by atoms with van der Waals surface area (Å²) in [5.41, 5.74) is 3.03. The molecule has 5 heteroatoms. The van der Waals surface area contributed by atoms with Gasteiger partial charge in [0.1, 0.15) is 6.54 Å². The smallest absolute Gasteiger partial charge is 0.265 e. The summed E-state index contributed by atoms with van der Waals surface area (Å²) in [7, 11) is 0. The van der Waals surface area contributed by atoms with E-state index in [1.807, 2.05) is 56.3 Å². The van der Waals surface area contributed by atoms with Crippen LogP contribution in [0.4, 0.5) is 5.69 Å². The van der Waals surface area contributed by atoms with E-state index in [0.29, 0.717) is 4.91 Å². The van der Waals surface area contributed by atoms with E-state index >= 15 is 0 Å². The second-order valence-corrected chi connectivity index (χ2v) is 8.03. The third-order valence-electron chi connectivity index (χ3n) is 4.84. The number of nitrogens with one attached hydrogen (secondary N) is 1. The van der Waals surface area contributed by atoms with Gasteiger partial charge < -0.3 is 5.32 Å². The molecule has 1 unspecified atom stereocenters. The third-order valence-corrected chi connectivity index (χ3v) is 5.92. The Bertz CT molecular complexity index is 890. The molecule has 0 saturated heterocycles. The monoisotopic (exact) mass is 394 g/mol. The molecule has 1 atom stereocenters. The van der Waals surface area contributed by atoms with Crippen LogP contribution in [0.1, 0.15) is 38.3 Å². The first-order valence-corrected chi connectivity index (χ1v) is 10.5. The van der Waals surface area contributed by atoms with Gasteiger partial charge in [-0.2, -0.15) is 0 Å². The second-order valence-electron chi connectivity index (χ2n) is 6.94. The molecule has 1 aliphatic heterocycles. The van der Waals surface area contributed by atoms with Crippen LogP contribution in [0, 0.1) is 0 Å². The first-order chi connectivity index (χ1) is 13.5. The SMILES string of the molecule is CCc1ccc(C=C2Sc3ccccc3N(CC(=O)NC(C)CC)C2=O)cc1. The van der Waals surface area contributed by atoms with E-state index in [1.165, 1.54) is 17.3 Å². The first kappa shape index (κ1) is 20.2. The van der Waals surface area contributed by atoms with Gasteiger partial charge in [-0.05, 0) is 49.1 Å². The fraction of sp³-hybridized carbons (Fsp3) is 0.304. The summed E-state index contributed by atoms with van der Waals surface area (Å²) in [6.07, 6.45) is 3.74. The van der Waals surface area contributed by atoms with Gasteiger partial charge in [0.05, 0.1) is 10.6 Å². The number of thioether (sulfide) groups is 1. The molecule has 0 saturated carbocycles. The number of hydrogen-bond acceptors (Lipinski definition) is 3. The Morgan fingerprint density at radius 1 is 1.14 bits per heavy atom. The van der Waals surface area contributed by atoms with Crippen molar-refractivity contribution in [1.29, 1.82) is 0 Å². The van der Waals surface area contributed by atoms with Crippen LogP contribution in [0.3, 0.4) is 0 Å². The van der Waals surface area contributed by atoms with Crippen LogP contribution in [0.15, 0.2) is 58.3 Å². The quantitative estimate of drug-likeness (QED) is 0.726. The molecule has 1 N–H and O–H groups in total. The van der Waals surface area contributed by atoms with Gasteiger partial charge >= 0.3 is 0 Å². The molecule has 4 nitrogen and oxygen atoms in total. The molecule has 0 bridgehead atoms. The Kier molecular flexibility index (Phi) is 6.57. The topological polar surface area (TPSA) is 49.4 Å². The molecular formula is C23H26N2O2S. The fourth-order valence-electron chi connectivity index (χ4n) is 2.99. The lowest BCUT2D eigenvalue weighted by molar-refractivity contribution is -0.122. The van der Waals surface area contributed by atoms with Crippen LogP contribution in [-0.2, 0) is 16.0 Å². The van der Waals surface area contributed by atoms with E-state index in [0.717, 1.165) is 29.0 Å².